The molecule has 2 aromatic rings. The van der Waals surface area contributed by atoms with Crippen LogP contribution in [0.15, 0.2) is 47.5 Å². The lowest BCUT2D eigenvalue weighted by atomic mass is 10.1. The van der Waals surface area contributed by atoms with E-state index in [0.717, 1.165) is 29.7 Å². The maximum atomic E-state index is 13.9. The van der Waals surface area contributed by atoms with Gasteiger partial charge in [0.15, 0.2) is 5.96 Å². The molecule has 6 heteroatoms. The Hall–Kier alpha value is -2.89. The Morgan fingerprint density at radius 3 is 2.66 bits per heavy atom. The fourth-order valence-corrected chi connectivity index (χ4v) is 3.50. The predicted molar refractivity (Wildman–Crippen MR) is 114 cm³/mol. The van der Waals surface area contributed by atoms with E-state index in [9.17, 15) is 9.18 Å². The van der Waals surface area contributed by atoms with Gasteiger partial charge in [-0.15, -0.1) is 0 Å². The van der Waals surface area contributed by atoms with Gasteiger partial charge in [0, 0.05) is 33.1 Å². The molecule has 1 saturated heterocycles. The summed E-state index contributed by atoms with van der Waals surface area (Å²) < 4.78 is 13.9. The van der Waals surface area contributed by atoms with Crippen molar-refractivity contribution in [3.8, 4) is 0 Å². The minimum Gasteiger partial charge on any atom is -0.352 e. The van der Waals surface area contributed by atoms with Gasteiger partial charge in [0.2, 0.25) is 5.91 Å². The molecule has 0 aromatic heterocycles. The smallest absolute Gasteiger partial charge is 0.222 e. The summed E-state index contributed by atoms with van der Waals surface area (Å²) in [5.74, 6) is 0.666. The molecule has 0 saturated carbocycles. The van der Waals surface area contributed by atoms with Crippen molar-refractivity contribution in [1.29, 1.82) is 0 Å². The number of nitrogens with one attached hydrogen (secondary N) is 2. The quantitative estimate of drug-likeness (QED) is 0.578. The molecule has 1 heterocycles. The first-order valence-electron chi connectivity index (χ1n) is 10.1. The lowest BCUT2D eigenvalue weighted by Crippen LogP contribution is -2.38. The van der Waals surface area contributed by atoms with Crippen molar-refractivity contribution in [3.05, 3.63) is 70.5 Å². The molecule has 3 rings (SSSR count). The van der Waals surface area contributed by atoms with Crippen LogP contribution in [0.2, 0.25) is 0 Å². The van der Waals surface area contributed by atoms with Gasteiger partial charge in [-0.2, -0.15) is 0 Å². The monoisotopic (exact) mass is 396 g/mol. The summed E-state index contributed by atoms with van der Waals surface area (Å²) in [5.41, 5.74) is 3.77. The number of aliphatic imine (C=N–C) groups is 1. The van der Waals surface area contributed by atoms with Crippen molar-refractivity contribution in [3.63, 3.8) is 0 Å². The number of nitrogens with zero attached hydrogens (tertiary/aromatic N) is 2. The number of aryl methyl sites for hydroxylation is 1. The molecule has 2 aromatic carbocycles. The minimum absolute atomic E-state index is 0.0891. The summed E-state index contributed by atoms with van der Waals surface area (Å²) in [6.45, 7) is 5.79. The van der Waals surface area contributed by atoms with Crippen molar-refractivity contribution < 1.29 is 9.18 Å². The molecule has 154 valence electrons. The van der Waals surface area contributed by atoms with E-state index in [1.807, 2.05) is 30.0 Å². The number of guanidine groups is 1. The van der Waals surface area contributed by atoms with Crippen LogP contribution >= 0.6 is 0 Å². The first kappa shape index (κ1) is 20.8. The molecule has 1 aliphatic heterocycles. The van der Waals surface area contributed by atoms with Crippen molar-refractivity contribution in [2.45, 2.75) is 45.8 Å². The zero-order chi connectivity index (χ0) is 20.8. The van der Waals surface area contributed by atoms with Gasteiger partial charge >= 0.3 is 0 Å². The molecule has 2 N–H and O–H groups in total. The highest BCUT2D eigenvalue weighted by Gasteiger charge is 2.21. The molecule has 1 amide bonds. The molecule has 1 aliphatic rings. The third kappa shape index (κ3) is 5.34. The molecule has 1 atom stereocenters. The summed E-state index contributed by atoms with van der Waals surface area (Å²) in [4.78, 5) is 18.2. The van der Waals surface area contributed by atoms with E-state index in [1.165, 1.54) is 0 Å². The zero-order valence-electron chi connectivity index (χ0n) is 17.3. The first-order chi connectivity index (χ1) is 14.0. The number of hydrogen-bond acceptors (Lipinski definition) is 2. The topological polar surface area (TPSA) is 56.7 Å². The van der Waals surface area contributed by atoms with E-state index in [0.29, 0.717) is 31.0 Å². The maximum absolute atomic E-state index is 13.9. The fourth-order valence-electron chi connectivity index (χ4n) is 3.50. The molecular weight excluding hydrogens is 367 g/mol. The molecule has 0 radical (unpaired) electrons. The van der Waals surface area contributed by atoms with Crippen LogP contribution in [0.25, 0.3) is 0 Å². The van der Waals surface area contributed by atoms with Crippen LogP contribution in [0, 0.1) is 12.7 Å². The molecular formula is C23H29FN4O. The standard InChI is InChI=1S/C23H29FN4O/c1-16-10-11-18(13-21(16)24)17(2)27-23(25-3)26-14-19-7-4-5-8-20(19)15-28-12-6-9-22(28)29/h4-5,7-8,10-11,13,17H,6,9,12,14-15H2,1-3H3,(H2,25,26,27). The van der Waals surface area contributed by atoms with Gasteiger partial charge < -0.3 is 15.5 Å². The van der Waals surface area contributed by atoms with Crippen molar-refractivity contribution >= 4 is 11.9 Å². The normalized spacial score (nSPS) is 15.5. The molecule has 29 heavy (non-hydrogen) atoms. The second kappa shape index (κ2) is 9.54. The predicted octanol–water partition coefficient (Wildman–Crippen LogP) is 3.68. The third-order valence-corrected chi connectivity index (χ3v) is 5.37. The number of benzene rings is 2. The lowest BCUT2D eigenvalue weighted by Gasteiger charge is -2.21. The van der Waals surface area contributed by atoms with Crippen LogP contribution in [0.4, 0.5) is 4.39 Å². The molecule has 1 unspecified atom stereocenters. The summed E-state index contributed by atoms with van der Waals surface area (Å²) in [6.07, 6.45) is 1.59. The number of halogens is 1. The van der Waals surface area contributed by atoms with Gasteiger partial charge in [0.25, 0.3) is 0 Å². The van der Waals surface area contributed by atoms with Crippen LogP contribution < -0.4 is 10.6 Å². The average molecular weight is 397 g/mol. The van der Waals surface area contributed by atoms with Crippen molar-refractivity contribution in [2.75, 3.05) is 13.6 Å². The van der Waals surface area contributed by atoms with E-state index >= 15 is 0 Å². The summed E-state index contributed by atoms with van der Waals surface area (Å²) >= 11 is 0. The Morgan fingerprint density at radius 1 is 1.24 bits per heavy atom. The Kier molecular flexibility index (Phi) is 6.86. The summed E-state index contributed by atoms with van der Waals surface area (Å²) in [6, 6.07) is 13.3. The zero-order valence-corrected chi connectivity index (χ0v) is 17.3. The number of carbonyl (C=O) groups excluding carboxylic acids is 1. The van der Waals surface area contributed by atoms with E-state index < -0.39 is 0 Å². The molecule has 0 bridgehead atoms. The molecule has 0 aliphatic carbocycles. The number of carbonyl (C=O) groups is 1. The van der Waals surface area contributed by atoms with Crippen LogP contribution in [0.5, 0.6) is 0 Å². The minimum atomic E-state index is -0.204. The van der Waals surface area contributed by atoms with Crippen LogP contribution in [-0.2, 0) is 17.9 Å². The number of hydrogen-bond donors (Lipinski definition) is 2. The Bertz CT molecular complexity index is 896. The van der Waals surface area contributed by atoms with E-state index in [4.69, 9.17) is 0 Å². The van der Waals surface area contributed by atoms with Crippen molar-refractivity contribution in [2.24, 2.45) is 4.99 Å². The molecule has 1 fully saturated rings. The number of amides is 1. The van der Waals surface area contributed by atoms with Gasteiger partial charge in [-0.1, -0.05) is 36.4 Å². The largest absolute Gasteiger partial charge is 0.352 e. The van der Waals surface area contributed by atoms with E-state index in [2.05, 4.69) is 27.8 Å². The van der Waals surface area contributed by atoms with Gasteiger partial charge in [-0.05, 0) is 48.6 Å². The third-order valence-electron chi connectivity index (χ3n) is 5.37. The van der Waals surface area contributed by atoms with E-state index in [1.54, 1.807) is 26.1 Å². The highest BCUT2D eigenvalue weighted by molar-refractivity contribution is 5.80. The molecule has 0 spiro atoms. The average Bonchev–Trinajstić information content (AvgIpc) is 3.12. The highest BCUT2D eigenvalue weighted by Crippen LogP contribution is 2.18. The van der Waals surface area contributed by atoms with Gasteiger partial charge in [-0.25, -0.2) is 4.39 Å². The second-order valence-electron chi connectivity index (χ2n) is 7.49. The van der Waals surface area contributed by atoms with Gasteiger partial charge in [-0.3, -0.25) is 9.79 Å². The van der Waals surface area contributed by atoms with Gasteiger partial charge in [0.1, 0.15) is 5.82 Å². The van der Waals surface area contributed by atoms with E-state index in [-0.39, 0.29) is 17.8 Å². The maximum Gasteiger partial charge on any atom is 0.222 e. The number of rotatable bonds is 6. The van der Waals surface area contributed by atoms with Crippen LogP contribution in [0.1, 0.15) is 48.1 Å². The first-order valence-corrected chi connectivity index (χ1v) is 10.1. The summed E-state index contributed by atoms with van der Waals surface area (Å²) in [7, 11) is 1.71. The lowest BCUT2D eigenvalue weighted by molar-refractivity contribution is -0.128. The Morgan fingerprint density at radius 2 is 2.00 bits per heavy atom. The SMILES string of the molecule is CN=C(NCc1ccccc1CN1CCCC1=O)NC(C)c1ccc(C)c(F)c1. The van der Waals surface area contributed by atoms with Crippen molar-refractivity contribution in [1.82, 2.24) is 15.5 Å². The fraction of sp³-hybridized carbons (Fsp3) is 0.391. The molecule has 5 nitrogen and oxygen atoms in total. The second-order valence-corrected chi connectivity index (χ2v) is 7.49. The Balaban J connectivity index is 1.62. The number of likely N-dealkylation sites (tertiary alicyclic amines) is 1. The van der Waals surface area contributed by atoms with Crippen LogP contribution in [-0.4, -0.2) is 30.4 Å². The summed E-state index contributed by atoms with van der Waals surface area (Å²) in [5, 5.41) is 6.64. The van der Waals surface area contributed by atoms with Crippen LogP contribution in [0.3, 0.4) is 0 Å². The Labute approximate surface area is 172 Å². The highest BCUT2D eigenvalue weighted by atomic mass is 19.1. The van der Waals surface area contributed by atoms with Gasteiger partial charge in [0.05, 0.1) is 6.04 Å².